The van der Waals surface area contributed by atoms with E-state index < -0.39 is 5.60 Å². The van der Waals surface area contributed by atoms with Gasteiger partial charge < -0.3 is 19.6 Å². The van der Waals surface area contributed by atoms with Gasteiger partial charge >= 0.3 is 0 Å². The van der Waals surface area contributed by atoms with Crippen LogP contribution in [0.2, 0.25) is 0 Å². The zero-order valence-corrected chi connectivity index (χ0v) is 11.5. The Morgan fingerprint density at radius 2 is 2.32 bits per heavy atom. The molecule has 0 saturated carbocycles. The topological polar surface area (TPSA) is 92.0 Å². The van der Waals surface area contributed by atoms with Gasteiger partial charge in [0.05, 0.1) is 6.33 Å². The van der Waals surface area contributed by atoms with Gasteiger partial charge in [0.1, 0.15) is 11.3 Å². The highest BCUT2D eigenvalue weighted by molar-refractivity contribution is 5.44. The highest BCUT2D eigenvalue weighted by Gasteiger charge is 2.30. The first-order valence-electron chi connectivity index (χ1n) is 6.24. The molecule has 104 valence electrons. The number of nitrogens with two attached hydrogens (primary N) is 1. The molecule has 0 aliphatic heterocycles. The fourth-order valence-corrected chi connectivity index (χ4v) is 1.68. The van der Waals surface area contributed by atoms with Gasteiger partial charge in [0.2, 0.25) is 5.82 Å². The van der Waals surface area contributed by atoms with Crippen LogP contribution in [0.1, 0.15) is 26.1 Å². The van der Waals surface area contributed by atoms with E-state index in [1.165, 1.54) is 0 Å². The lowest BCUT2D eigenvalue weighted by Crippen LogP contribution is -2.24. The first-order chi connectivity index (χ1) is 9.12. The van der Waals surface area contributed by atoms with Gasteiger partial charge in [-0.1, -0.05) is 12.1 Å². The Kier molecular flexibility index (Phi) is 3.96. The van der Waals surface area contributed by atoms with E-state index in [4.69, 9.17) is 15.0 Å². The molecule has 2 heterocycles. The normalized spacial score (nSPS) is 14.5. The maximum atomic E-state index is 5.49. The van der Waals surface area contributed by atoms with Crippen molar-refractivity contribution in [3.05, 3.63) is 18.3 Å². The van der Waals surface area contributed by atoms with Crippen molar-refractivity contribution in [3.8, 4) is 11.6 Å². The predicted octanol–water partition coefficient (Wildman–Crippen LogP) is 1.16. The van der Waals surface area contributed by atoms with Gasteiger partial charge in [-0.2, -0.15) is 4.98 Å². The zero-order chi connectivity index (χ0) is 13.9. The molecule has 2 aromatic rings. The molecule has 2 N–H and O–H groups in total. The number of methoxy groups -OCH3 is 1. The Morgan fingerprint density at radius 1 is 1.53 bits per heavy atom. The minimum absolute atomic E-state index is 0.391. The van der Waals surface area contributed by atoms with Crippen LogP contribution in [-0.2, 0) is 16.9 Å². The van der Waals surface area contributed by atoms with Crippen LogP contribution < -0.4 is 5.73 Å². The van der Waals surface area contributed by atoms with Crippen LogP contribution in [0.4, 0.5) is 0 Å². The van der Waals surface area contributed by atoms with E-state index in [0.717, 1.165) is 6.42 Å². The molecule has 1 unspecified atom stereocenters. The molecule has 2 rings (SSSR count). The summed E-state index contributed by atoms with van der Waals surface area (Å²) in [6.07, 6.45) is 4.28. The van der Waals surface area contributed by atoms with Crippen molar-refractivity contribution < 1.29 is 9.26 Å². The quantitative estimate of drug-likeness (QED) is 0.842. The van der Waals surface area contributed by atoms with Crippen molar-refractivity contribution >= 4 is 0 Å². The number of rotatable bonds is 6. The highest BCUT2D eigenvalue weighted by atomic mass is 16.5. The van der Waals surface area contributed by atoms with Gasteiger partial charge in [-0.15, -0.1) is 0 Å². The van der Waals surface area contributed by atoms with Crippen molar-refractivity contribution in [2.45, 2.75) is 32.4 Å². The van der Waals surface area contributed by atoms with Crippen molar-refractivity contribution in [3.63, 3.8) is 0 Å². The molecule has 0 radical (unpaired) electrons. The largest absolute Gasteiger partial charge is 0.370 e. The smallest absolute Gasteiger partial charge is 0.278 e. The summed E-state index contributed by atoms with van der Waals surface area (Å²) in [5.74, 6) is 0.920. The van der Waals surface area contributed by atoms with Crippen LogP contribution in [0, 0.1) is 0 Å². The molecule has 7 heteroatoms. The molecule has 19 heavy (non-hydrogen) atoms. The number of hydrogen-bond acceptors (Lipinski definition) is 6. The molecule has 0 spiro atoms. The van der Waals surface area contributed by atoms with Gasteiger partial charge in [0, 0.05) is 26.4 Å². The lowest BCUT2D eigenvalue weighted by molar-refractivity contribution is -0.0106. The van der Waals surface area contributed by atoms with Gasteiger partial charge in [0.25, 0.3) is 5.89 Å². The summed E-state index contributed by atoms with van der Waals surface area (Å²) < 4.78 is 12.6. The molecule has 2 aromatic heterocycles. The number of ether oxygens (including phenoxy) is 1. The molecule has 0 bridgehead atoms. The summed E-state index contributed by atoms with van der Waals surface area (Å²) >= 11 is 0. The molecule has 0 fully saturated rings. The van der Waals surface area contributed by atoms with Crippen molar-refractivity contribution in [1.82, 2.24) is 19.7 Å². The predicted molar refractivity (Wildman–Crippen MR) is 69.2 cm³/mol. The molecule has 0 aliphatic rings. The van der Waals surface area contributed by atoms with Gasteiger partial charge in [0.15, 0.2) is 0 Å². The zero-order valence-electron chi connectivity index (χ0n) is 11.5. The van der Waals surface area contributed by atoms with Crippen LogP contribution in [0.5, 0.6) is 0 Å². The molecule has 1 atom stereocenters. The third kappa shape index (κ3) is 2.66. The van der Waals surface area contributed by atoms with E-state index in [1.807, 2.05) is 24.6 Å². The maximum absolute atomic E-state index is 5.49. The lowest BCUT2D eigenvalue weighted by Gasteiger charge is -2.21. The monoisotopic (exact) mass is 265 g/mol. The first kappa shape index (κ1) is 13.7. The molecule has 0 aromatic carbocycles. The molecule has 0 saturated heterocycles. The Balaban J connectivity index is 2.24. The fraction of sp³-hybridized carbons (Fsp3) is 0.583. The van der Waals surface area contributed by atoms with E-state index in [2.05, 4.69) is 15.1 Å². The van der Waals surface area contributed by atoms with Gasteiger partial charge in [-0.25, -0.2) is 4.98 Å². The minimum atomic E-state index is -0.540. The second kappa shape index (κ2) is 5.50. The van der Waals surface area contributed by atoms with Crippen LogP contribution in [0.3, 0.4) is 0 Å². The van der Waals surface area contributed by atoms with E-state index in [9.17, 15) is 0 Å². The highest BCUT2D eigenvalue weighted by Crippen LogP contribution is 2.27. The Morgan fingerprint density at radius 3 is 2.95 bits per heavy atom. The van der Waals surface area contributed by atoms with Crippen LogP contribution in [-0.4, -0.2) is 33.3 Å². The van der Waals surface area contributed by atoms with Gasteiger partial charge in [-0.3, -0.25) is 0 Å². The SMILES string of the molecule is CCC(C)(OC)c1noc(-c2cn(CCN)cn2)n1. The van der Waals surface area contributed by atoms with E-state index in [-0.39, 0.29) is 0 Å². The van der Waals surface area contributed by atoms with Crippen molar-refractivity contribution in [2.24, 2.45) is 5.73 Å². The fourth-order valence-electron chi connectivity index (χ4n) is 1.68. The number of imidazole rings is 1. The van der Waals surface area contributed by atoms with E-state index in [1.54, 1.807) is 13.4 Å². The van der Waals surface area contributed by atoms with Gasteiger partial charge in [-0.05, 0) is 13.3 Å². The number of nitrogens with zero attached hydrogens (tertiary/aromatic N) is 4. The molecular formula is C12H19N5O2. The summed E-state index contributed by atoms with van der Waals surface area (Å²) in [5, 5.41) is 3.98. The van der Waals surface area contributed by atoms with E-state index in [0.29, 0.717) is 30.5 Å². The van der Waals surface area contributed by atoms with Crippen LogP contribution in [0.15, 0.2) is 17.0 Å². The minimum Gasteiger partial charge on any atom is -0.370 e. The second-order valence-corrected chi connectivity index (χ2v) is 4.50. The van der Waals surface area contributed by atoms with Crippen molar-refractivity contribution in [1.29, 1.82) is 0 Å². The van der Waals surface area contributed by atoms with Crippen LogP contribution >= 0.6 is 0 Å². The molecule has 7 nitrogen and oxygen atoms in total. The summed E-state index contributed by atoms with van der Waals surface area (Å²) in [7, 11) is 1.63. The number of aromatic nitrogens is 4. The number of hydrogen-bond donors (Lipinski definition) is 1. The standard InChI is InChI=1S/C12H19N5O2/c1-4-12(2,18-3)11-15-10(19-16-11)9-7-17(6-5-13)8-14-9/h7-8H,4-6,13H2,1-3H3. The molecular weight excluding hydrogens is 246 g/mol. The molecule has 0 aliphatic carbocycles. The third-order valence-corrected chi connectivity index (χ3v) is 3.26. The van der Waals surface area contributed by atoms with E-state index >= 15 is 0 Å². The summed E-state index contributed by atoms with van der Waals surface area (Å²) in [5.41, 5.74) is 5.59. The second-order valence-electron chi connectivity index (χ2n) is 4.50. The maximum Gasteiger partial charge on any atom is 0.278 e. The Hall–Kier alpha value is -1.73. The third-order valence-electron chi connectivity index (χ3n) is 3.26. The summed E-state index contributed by atoms with van der Waals surface area (Å²) in [6.45, 7) is 5.20. The first-order valence-corrected chi connectivity index (χ1v) is 6.24. The lowest BCUT2D eigenvalue weighted by atomic mass is 10.0. The summed E-state index contributed by atoms with van der Waals surface area (Å²) in [6, 6.07) is 0. The molecule has 0 amide bonds. The Bertz CT molecular complexity index is 530. The van der Waals surface area contributed by atoms with Crippen LogP contribution in [0.25, 0.3) is 11.6 Å². The van der Waals surface area contributed by atoms with Crippen molar-refractivity contribution in [2.75, 3.05) is 13.7 Å². The summed E-state index contributed by atoms with van der Waals surface area (Å²) in [4.78, 5) is 8.58. The Labute approximate surface area is 111 Å². The average Bonchev–Trinajstić information content (AvgIpc) is 3.06. The average molecular weight is 265 g/mol.